The summed E-state index contributed by atoms with van der Waals surface area (Å²) in [5.41, 5.74) is 0.796. The summed E-state index contributed by atoms with van der Waals surface area (Å²) in [6, 6.07) is 0. The highest BCUT2D eigenvalue weighted by atomic mass is 35.7. The van der Waals surface area contributed by atoms with E-state index in [0.29, 0.717) is 0 Å². The molecule has 0 saturated carbocycles. The highest BCUT2D eigenvalue weighted by Crippen LogP contribution is 2.33. The fourth-order valence-corrected chi connectivity index (χ4v) is 2.88. The van der Waals surface area contributed by atoms with Gasteiger partial charge in [-0.1, -0.05) is 30.4 Å². The van der Waals surface area contributed by atoms with Crippen LogP contribution in [0.25, 0.3) is 0 Å². The summed E-state index contributed by atoms with van der Waals surface area (Å²) in [6.07, 6.45) is 11.8. The normalized spacial score (nSPS) is 25.4. The Bertz CT molecular complexity index is 466. The zero-order chi connectivity index (χ0) is 10.2. The van der Waals surface area contributed by atoms with E-state index in [9.17, 15) is 8.42 Å². The Morgan fingerprint density at radius 2 is 2.07 bits per heavy atom. The van der Waals surface area contributed by atoms with Gasteiger partial charge >= 0.3 is 0 Å². The molecule has 0 aromatic heterocycles. The number of rotatable bonds is 1. The van der Waals surface area contributed by atoms with E-state index in [-0.39, 0.29) is 10.8 Å². The van der Waals surface area contributed by atoms with E-state index in [1.807, 2.05) is 30.4 Å². The summed E-state index contributed by atoms with van der Waals surface area (Å²) in [6.45, 7) is 0. The zero-order valence-corrected chi connectivity index (χ0v) is 8.92. The fraction of sp³-hybridized carbons (Fsp3) is 0.200. The predicted molar refractivity (Wildman–Crippen MR) is 57.3 cm³/mol. The predicted octanol–water partition coefficient (Wildman–Crippen LogP) is 2.51. The van der Waals surface area contributed by atoms with Crippen molar-refractivity contribution in [3.8, 4) is 0 Å². The Labute approximate surface area is 87.7 Å². The molecular weight excluding hydrogens is 220 g/mol. The quantitative estimate of drug-likeness (QED) is 0.647. The van der Waals surface area contributed by atoms with Gasteiger partial charge in [-0.05, 0) is 18.1 Å². The summed E-state index contributed by atoms with van der Waals surface area (Å²) < 4.78 is 22.5. The van der Waals surface area contributed by atoms with Gasteiger partial charge in [0.2, 0.25) is 0 Å². The van der Waals surface area contributed by atoms with Crippen LogP contribution in [0.2, 0.25) is 0 Å². The fourth-order valence-electron chi connectivity index (χ4n) is 1.70. The first kappa shape index (κ1) is 9.74. The average molecular weight is 229 g/mol. The third-order valence-corrected chi connectivity index (χ3v) is 3.73. The molecule has 14 heavy (non-hydrogen) atoms. The summed E-state index contributed by atoms with van der Waals surface area (Å²) in [5, 5.41) is 0. The molecule has 0 radical (unpaired) electrons. The van der Waals surface area contributed by atoms with Crippen LogP contribution < -0.4 is 0 Å². The van der Waals surface area contributed by atoms with Crippen molar-refractivity contribution < 1.29 is 8.42 Å². The average Bonchev–Trinajstić information content (AvgIpc) is 2.15. The molecule has 1 unspecified atom stereocenters. The molecule has 0 aliphatic heterocycles. The molecule has 2 rings (SSSR count). The minimum Gasteiger partial charge on any atom is -0.207 e. The molecule has 4 heteroatoms. The minimum absolute atomic E-state index is 0.161. The van der Waals surface area contributed by atoms with Crippen molar-refractivity contribution in [3.63, 3.8) is 0 Å². The molecule has 0 spiro atoms. The van der Waals surface area contributed by atoms with Crippen LogP contribution in [0.1, 0.15) is 6.42 Å². The first-order chi connectivity index (χ1) is 6.59. The van der Waals surface area contributed by atoms with Crippen molar-refractivity contribution in [2.24, 2.45) is 5.92 Å². The summed E-state index contributed by atoms with van der Waals surface area (Å²) in [5.74, 6) is 0.161. The third kappa shape index (κ3) is 1.70. The second-order valence-electron chi connectivity index (χ2n) is 3.25. The second kappa shape index (κ2) is 3.41. The maximum absolute atomic E-state index is 11.2. The Morgan fingerprint density at radius 1 is 1.29 bits per heavy atom. The van der Waals surface area contributed by atoms with Crippen molar-refractivity contribution in [3.05, 3.63) is 46.9 Å². The van der Waals surface area contributed by atoms with E-state index in [4.69, 9.17) is 10.7 Å². The highest BCUT2D eigenvalue weighted by molar-refractivity contribution is 8.17. The molecule has 0 amide bonds. The summed E-state index contributed by atoms with van der Waals surface area (Å²) in [7, 11) is 1.72. The van der Waals surface area contributed by atoms with Crippen LogP contribution in [0.15, 0.2) is 46.9 Å². The van der Waals surface area contributed by atoms with Gasteiger partial charge in [-0.2, -0.15) is 0 Å². The molecule has 0 bridgehead atoms. The lowest BCUT2D eigenvalue weighted by Crippen LogP contribution is -2.10. The molecule has 0 aromatic carbocycles. The SMILES string of the molecule is O=S(=O)(Cl)C1=C2C=CC=CC2CC=C1. The summed E-state index contributed by atoms with van der Waals surface area (Å²) >= 11 is 0. The Balaban J connectivity index is 2.58. The molecule has 0 heterocycles. The van der Waals surface area contributed by atoms with Gasteiger partial charge in [0.1, 0.15) is 0 Å². The van der Waals surface area contributed by atoms with E-state index >= 15 is 0 Å². The molecule has 0 saturated heterocycles. The van der Waals surface area contributed by atoms with Gasteiger partial charge in [0.25, 0.3) is 9.05 Å². The highest BCUT2D eigenvalue weighted by Gasteiger charge is 2.23. The van der Waals surface area contributed by atoms with Crippen molar-refractivity contribution in [1.82, 2.24) is 0 Å². The lowest BCUT2D eigenvalue weighted by molar-refractivity contribution is 0.614. The van der Waals surface area contributed by atoms with Crippen LogP contribution in [0.5, 0.6) is 0 Å². The number of fused-ring (bicyclic) bond motifs is 1. The third-order valence-electron chi connectivity index (χ3n) is 2.34. The van der Waals surface area contributed by atoms with Crippen molar-refractivity contribution in [2.75, 3.05) is 0 Å². The van der Waals surface area contributed by atoms with Gasteiger partial charge in [-0.15, -0.1) is 0 Å². The molecule has 74 valence electrons. The Hall–Kier alpha value is -0.800. The molecule has 2 aliphatic rings. The van der Waals surface area contributed by atoms with E-state index in [0.717, 1.165) is 12.0 Å². The van der Waals surface area contributed by atoms with Crippen LogP contribution in [0.4, 0.5) is 0 Å². The van der Waals surface area contributed by atoms with Gasteiger partial charge in [-0.3, -0.25) is 0 Å². The van der Waals surface area contributed by atoms with E-state index in [2.05, 4.69) is 0 Å². The van der Waals surface area contributed by atoms with Crippen molar-refractivity contribution in [1.29, 1.82) is 0 Å². The van der Waals surface area contributed by atoms with Gasteiger partial charge in [0.05, 0.1) is 4.91 Å². The maximum Gasteiger partial charge on any atom is 0.261 e. The summed E-state index contributed by atoms with van der Waals surface area (Å²) in [4.78, 5) is 0.232. The topological polar surface area (TPSA) is 34.1 Å². The smallest absolute Gasteiger partial charge is 0.207 e. The van der Waals surface area contributed by atoms with Crippen LogP contribution in [-0.4, -0.2) is 8.42 Å². The van der Waals surface area contributed by atoms with Crippen LogP contribution >= 0.6 is 10.7 Å². The van der Waals surface area contributed by atoms with Crippen LogP contribution in [0.3, 0.4) is 0 Å². The largest absolute Gasteiger partial charge is 0.261 e. The van der Waals surface area contributed by atoms with Gasteiger partial charge < -0.3 is 0 Å². The number of allylic oxidation sites excluding steroid dienone is 7. The molecule has 0 aromatic rings. The molecule has 0 fully saturated rings. The monoisotopic (exact) mass is 228 g/mol. The van der Waals surface area contributed by atoms with Crippen LogP contribution in [0, 0.1) is 5.92 Å². The van der Waals surface area contributed by atoms with Gasteiger partial charge in [0, 0.05) is 16.6 Å². The Morgan fingerprint density at radius 3 is 2.79 bits per heavy atom. The number of halogens is 1. The molecule has 1 atom stereocenters. The molecule has 2 nitrogen and oxygen atoms in total. The first-order valence-corrected chi connectivity index (χ1v) is 6.60. The maximum atomic E-state index is 11.2. The van der Waals surface area contributed by atoms with E-state index in [1.54, 1.807) is 6.08 Å². The lowest BCUT2D eigenvalue weighted by atomic mass is 9.88. The van der Waals surface area contributed by atoms with Crippen LogP contribution in [-0.2, 0) is 9.05 Å². The molecular formula is C10H9ClO2S. The number of hydrogen-bond donors (Lipinski definition) is 0. The van der Waals surface area contributed by atoms with Gasteiger partial charge in [0.15, 0.2) is 0 Å². The molecule has 2 aliphatic carbocycles. The minimum atomic E-state index is -3.62. The first-order valence-electron chi connectivity index (χ1n) is 4.29. The van der Waals surface area contributed by atoms with Crippen molar-refractivity contribution >= 4 is 19.7 Å². The van der Waals surface area contributed by atoms with E-state index in [1.165, 1.54) is 0 Å². The lowest BCUT2D eigenvalue weighted by Gasteiger charge is -2.20. The van der Waals surface area contributed by atoms with Crippen molar-refractivity contribution in [2.45, 2.75) is 6.42 Å². The molecule has 0 N–H and O–H groups in total. The zero-order valence-electron chi connectivity index (χ0n) is 7.35. The standard InChI is InChI=1S/C10H9ClO2S/c11-14(12,13)10-7-3-5-8-4-1-2-6-9(8)10/h1-4,6-8H,5H2. The Kier molecular flexibility index (Phi) is 2.37. The van der Waals surface area contributed by atoms with E-state index < -0.39 is 9.05 Å². The van der Waals surface area contributed by atoms with Gasteiger partial charge in [-0.25, -0.2) is 8.42 Å². The number of hydrogen-bond acceptors (Lipinski definition) is 2. The second-order valence-corrected chi connectivity index (χ2v) is 5.78.